The first-order valence-electron chi connectivity index (χ1n) is 10.9. The number of rotatable bonds is 2. The van der Waals surface area contributed by atoms with Crippen LogP contribution >= 0.6 is 11.8 Å². The van der Waals surface area contributed by atoms with Gasteiger partial charge < -0.3 is 20.2 Å². The van der Waals surface area contributed by atoms with Gasteiger partial charge in [-0.1, -0.05) is 43.8 Å². The fourth-order valence-electron chi connectivity index (χ4n) is 5.39. The Labute approximate surface area is 191 Å². The molecule has 0 saturated heterocycles. The summed E-state index contributed by atoms with van der Waals surface area (Å²) >= 11 is 1.70. The number of anilines is 1. The van der Waals surface area contributed by atoms with E-state index < -0.39 is 0 Å². The third-order valence-electron chi connectivity index (χ3n) is 7.22. The van der Waals surface area contributed by atoms with E-state index in [2.05, 4.69) is 53.8 Å². The first kappa shape index (κ1) is 19.8. The number of ether oxygens (including phenoxy) is 2. The van der Waals surface area contributed by atoms with E-state index >= 15 is 0 Å². The number of methoxy groups -OCH3 is 1. The lowest BCUT2D eigenvalue weighted by molar-refractivity contribution is 0.133. The molecule has 0 amide bonds. The zero-order valence-corrected chi connectivity index (χ0v) is 19.7. The summed E-state index contributed by atoms with van der Waals surface area (Å²) in [6, 6.07) is 10.8. The van der Waals surface area contributed by atoms with E-state index in [4.69, 9.17) is 9.47 Å². The zero-order valence-electron chi connectivity index (χ0n) is 18.9. The van der Waals surface area contributed by atoms with E-state index in [0.717, 1.165) is 28.0 Å². The average Bonchev–Trinajstić information content (AvgIpc) is 3.35. The summed E-state index contributed by atoms with van der Waals surface area (Å²) in [4.78, 5) is 0. The van der Waals surface area contributed by atoms with Gasteiger partial charge in [-0.05, 0) is 42.7 Å². The van der Waals surface area contributed by atoms with Gasteiger partial charge in [0.25, 0.3) is 0 Å². The van der Waals surface area contributed by atoms with Crippen molar-refractivity contribution in [2.75, 3.05) is 24.5 Å². The van der Waals surface area contributed by atoms with Crippen LogP contribution in [0, 0.1) is 19.8 Å². The van der Waals surface area contributed by atoms with Crippen LogP contribution < -0.4 is 20.2 Å². The van der Waals surface area contributed by atoms with E-state index in [1.54, 1.807) is 18.9 Å². The number of thioether (sulfide) groups is 1. The van der Waals surface area contributed by atoms with Gasteiger partial charge in [0, 0.05) is 17.0 Å². The molecule has 3 atom stereocenters. The van der Waals surface area contributed by atoms with Crippen molar-refractivity contribution in [3.63, 3.8) is 0 Å². The molecule has 0 fully saturated rings. The highest BCUT2D eigenvalue weighted by Gasteiger charge is 2.48. The standard InChI is InChI=1S/C24H27N5O2S/c1-12-9-14(22-28-29-13(2)26-27-23(29)32-22)10-15-20(12)25-21-16(24(15,3)4)11-31-18-8-6-7-17(30-5)19(18)21/h6-10,16,21-22,25,28H,11H2,1-5H3/t16-,21-,22?/m0/s1. The summed E-state index contributed by atoms with van der Waals surface area (Å²) < 4.78 is 13.9. The van der Waals surface area contributed by atoms with Crippen LogP contribution in [0.1, 0.15) is 53.3 Å². The summed E-state index contributed by atoms with van der Waals surface area (Å²) in [5, 5.41) is 13.3. The highest BCUT2D eigenvalue weighted by Crippen LogP contribution is 2.55. The third-order valence-corrected chi connectivity index (χ3v) is 8.31. The van der Waals surface area contributed by atoms with E-state index in [-0.39, 0.29) is 22.7 Å². The maximum atomic E-state index is 6.24. The smallest absolute Gasteiger partial charge is 0.212 e. The highest BCUT2D eigenvalue weighted by molar-refractivity contribution is 7.99. The lowest BCUT2D eigenvalue weighted by Crippen LogP contribution is -2.46. The predicted molar refractivity (Wildman–Crippen MR) is 125 cm³/mol. The number of hydrogen-bond donors (Lipinski definition) is 2. The normalized spacial score (nSPS) is 24.2. The van der Waals surface area contributed by atoms with Crippen LogP contribution in [0.4, 0.5) is 5.69 Å². The van der Waals surface area contributed by atoms with Crippen LogP contribution in [0.3, 0.4) is 0 Å². The van der Waals surface area contributed by atoms with Crippen LogP contribution in [-0.4, -0.2) is 28.6 Å². The molecule has 0 radical (unpaired) electrons. The predicted octanol–water partition coefficient (Wildman–Crippen LogP) is 4.70. The van der Waals surface area contributed by atoms with E-state index in [9.17, 15) is 0 Å². The maximum absolute atomic E-state index is 6.24. The minimum Gasteiger partial charge on any atom is -0.496 e. The summed E-state index contributed by atoms with van der Waals surface area (Å²) in [5.74, 6) is 2.95. The van der Waals surface area contributed by atoms with Crippen molar-refractivity contribution < 1.29 is 9.47 Å². The summed E-state index contributed by atoms with van der Waals surface area (Å²) in [5.41, 5.74) is 9.62. The Morgan fingerprint density at radius 1 is 1.22 bits per heavy atom. The van der Waals surface area contributed by atoms with Crippen LogP contribution in [0.2, 0.25) is 0 Å². The Morgan fingerprint density at radius 2 is 2.06 bits per heavy atom. The van der Waals surface area contributed by atoms with Gasteiger partial charge in [0.1, 0.15) is 22.7 Å². The van der Waals surface area contributed by atoms with Gasteiger partial charge in [0.2, 0.25) is 5.16 Å². The van der Waals surface area contributed by atoms with Gasteiger partial charge in [-0.25, -0.2) is 4.68 Å². The molecule has 2 aromatic carbocycles. The highest BCUT2D eigenvalue weighted by atomic mass is 32.2. The molecule has 7 nitrogen and oxygen atoms in total. The molecule has 32 heavy (non-hydrogen) atoms. The molecule has 8 heteroatoms. The van der Waals surface area contributed by atoms with Crippen LogP contribution in [0.25, 0.3) is 0 Å². The third kappa shape index (κ3) is 2.68. The molecule has 6 rings (SSSR count). The lowest BCUT2D eigenvalue weighted by atomic mass is 9.64. The van der Waals surface area contributed by atoms with Crippen LogP contribution in [-0.2, 0) is 5.41 Å². The number of hydrogen-bond acceptors (Lipinski definition) is 7. The number of nitrogens with one attached hydrogen (secondary N) is 2. The molecule has 1 unspecified atom stereocenters. The molecule has 3 aliphatic heterocycles. The monoisotopic (exact) mass is 449 g/mol. The number of nitrogens with zero attached hydrogens (tertiary/aromatic N) is 3. The van der Waals surface area contributed by atoms with Crippen molar-refractivity contribution in [2.24, 2.45) is 5.92 Å². The first-order valence-corrected chi connectivity index (χ1v) is 11.8. The van der Waals surface area contributed by atoms with Crippen molar-refractivity contribution >= 4 is 17.4 Å². The van der Waals surface area contributed by atoms with Gasteiger partial charge in [0.05, 0.1) is 25.3 Å². The van der Waals surface area contributed by atoms with Gasteiger partial charge in [-0.15, -0.1) is 10.2 Å². The quantitative estimate of drug-likeness (QED) is 0.587. The van der Waals surface area contributed by atoms with Crippen molar-refractivity contribution in [1.29, 1.82) is 0 Å². The Morgan fingerprint density at radius 3 is 2.84 bits per heavy atom. The number of aryl methyl sites for hydroxylation is 2. The molecule has 0 saturated carbocycles. The average molecular weight is 450 g/mol. The van der Waals surface area contributed by atoms with Gasteiger partial charge in [0.15, 0.2) is 0 Å². The first-order chi connectivity index (χ1) is 15.4. The Bertz CT molecular complexity index is 1220. The number of aromatic nitrogens is 3. The largest absolute Gasteiger partial charge is 0.496 e. The van der Waals surface area contributed by atoms with Gasteiger partial charge >= 0.3 is 0 Å². The molecule has 166 valence electrons. The Balaban J connectivity index is 1.43. The van der Waals surface area contributed by atoms with Gasteiger partial charge in [-0.3, -0.25) is 0 Å². The molecule has 3 aromatic rings. The molecule has 1 aromatic heterocycles. The lowest BCUT2D eigenvalue weighted by Gasteiger charge is -2.49. The van der Waals surface area contributed by atoms with E-state index in [0.29, 0.717) is 6.61 Å². The van der Waals surface area contributed by atoms with Crippen molar-refractivity contribution in [3.05, 3.63) is 58.4 Å². The maximum Gasteiger partial charge on any atom is 0.212 e. The summed E-state index contributed by atoms with van der Waals surface area (Å²) in [7, 11) is 1.73. The molecular formula is C24H27N5O2S. The van der Waals surface area contributed by atoms with Crippen LogP contribution in [0.15, 0.2) is 35.5 Å². The second-order valence-corrected chi connectivity index (χ2v) is 10.5. The molecular weight excluding hydrogens is 422 g/mol. The molecule has 0 aliphatic carbocycles. The Hall–Kier alpha value is -2.87. The second kappa shape index (κ2) is 6.81. The fraction of sp³-hybridized carbons (Fsp3) is 0.417. The topological polar surface area (TPSA) is 73.2 Å². The minimum atomic E-state index is -0.0844. The summed E-state index contributed by atoms with van der Waals surface area (Å²) in [6.07, 6.45) is 0. The van der Waals surface area contributed by atoms with Crippen molar-refractivity contribution in [2.45, 2.75) is 49.7 Å². The number of benzene rings is 2. The van der Waals surface area contributed by atoms with E-state index in [1.165, 1.54) is 22.4 Å². The van der Waals surface area contributed by atoms with Crippen molar-refractivity contribution in [1.82, 2.24) is 14.9 Å². The molecule has 4 heterocycles. The SMILES string of the molecule is COc1cccc2c1[C@H]1Nc3c(C)cc(C4Nn5c(C)nnc5S4)cc3C(C)(C)[C@H]1CO2. The van der Waals surface area contributed by atoms with E-state index in [1.807, 2.05) is 29.8 Å². The fourth-order valence-corrected chi connectivity index (χ4v) is 6.41. The molecule has 2 N–H and O–H groups in total. The molecule has 3 aliphatic rings. The minimum absolute atomic E-state index is 0.0844. The van der Waals surface area contributed by atoms with Gasteiger partial charge in [-0.2, -0.15) is 0 Å². The second-order valence-electron chi connectivity index (χ2n) is 9.39. The van der Waals surface area contributed by atoms with Crippen molar-refractivity contribution in [3.8, 4) is 11.5 Å². The zero-order chi connectivity index (χ0) is 22.2. The summed E-state index contributed by atoms with van der Waals surface area (Å²) in [6.45, 7) is 9.51. The number of fused-ring (bicyclic) bond motifs is 5. The van der Waals surface area contributed by atoms with Crippen LogP contribution in [0.5, 0.6) is 11.5 Å². The Kier molecular flexibility index (Phi) is 4.21. The molecule has 0 bridgehead atoms. The molecule has 0 spiro atoms.